The summed E-state index contributed by atoms with van der Waals surface area (Å²) in [4.78, 5) is 13.6. The maximum Gasteiger partial charge on any atom is 0.223 e. The Hall–Kier alpha value is -1.29. The first kappa shape index (κ1) is 13.8. The van der Waals surface area contributed by atoms with E-state index < -0.39 is 0 Å². The van der Waals surface area contributed by atoms with E-state index in [0.717, 1.165) is 32.6 Å². The Morgan fingerprint density at radius 2 is 2.00 bits per heavy atom. The van der Waals surface area contributed by atoms with Crippen molar-refractivity contribution in [2.24, 2.45) is 0 Å². The van der Waals surface area contributed by atoms with E-state index in [1.54, 1.807) is 13.1 Å². The molecule has 4 nitrogen and oxygen atoms in total. The maximum absolute atomic E-state index is 11.2. The molecule has 0 spiro atoms. The highest BCUT2D eigenvalue weighted by Crippen LogP contribution is 2.09. The zero-order chi connectivity index (χ0) is 12.8. The number of pyridine rings is 1. The van der Waals surface area contributed by atoms with Gasteiger partial charge in [0.2, 0.25) is 5.43 Å². The van der Waals surface area contributed by atoms with Gasteiger partial charge >= 0.3 is 0 Å². The molecule has 0 aromatic carbocycles. The van der Waals surface area contributed by atoms with Crippen molar-refractivity contribution in [2.45, 2.75) is 33.7 Å². The smallest absolute Gasteiger partial charge is 0.223 e. The molecule has 1 heterocycles. The van der Waals surface area contributed by atoms with E-state index >= 15 is 0 Å². The van der Waals surface area contributed by atoms with E-state index in [1.165, 1.54) is 6.07 Å². The summed E-state index contributed by atoms with van der Waals surface area (Å²) in [5, 5.41) is 9.54. The Morgan fingerprint density at radius 3 is 2.59 bits per heavy atom. The standard InChI is InChI=1S/C13H22N2O2/c1-4-14(5-2)8-6-9-15-10-7-12(16)13(17)11(15)3/h7,10,17H,4-6,8-9H2,1-3H3. The van der Waals surface area contributed by atoms with Crippen LogP contribution in [0.2, 0.25) is 0 Å². The summed E-state index contributed by atoms with van der Waals surface area (Å²) in [5.74, 6) is -0.129. The lowest BCUT2D eigenvalue weighted by Gasteiger charge is -2.18. The van der Waals surface area contributed by atoms with Gasteiger partial charge in [0, 0.05) is 18.8 Å². The number of rotatable bonds is 6. The van der Waals surface area contributed by atoms with Crippen LogP contribution in [0.4, 0.5) is 0 Å². The second kappa shape index (κ2) is 6.45. The van der Waals surface area contributed by atoms with Crippen LogP contribution in [0.25, 0.3) is 0 Å². The van der Waals surface area contributed by atoms with Crippen LogP contribution in [0, 0.1) is 6.92 Å². The molecule has 0 amide bonds. The van der Waals surface area contributed by atoms with Crippen molar-refractivity contribution in [1.82, 2.24) is 9.47 Å². The first-order chi connectivity index (χ1) is 8.10. The predicted molar refractivity (Wildman–Crippen MR) is 69.5 cm³/mol. The Kier molecular flexibility index (Phi) is 5.22. The van der Waals surface area contributed by atoms with Crippen molar-refractivity contribution in [3.63, 3.8) is 0 Å². The van der Waals surface area contributed by atoms with E-state index in [1.807, 2.05) is 4.57 Å². The minimum Gasteiger partial charge on any atom is -0.503 e. The van der Waals surface area contributed by atoms with Gasteiger partial charge in [-0.3, -0.25) is 4.79 Å². The quantitative estimate of drug-likeness (QED) is 0.818. The molecule has 0 aliphatic carbocycles. The molecule has 4 heteroatoms. The molecule has 0 atom stereocenters. The fourth-order valence-electron chi connectivity index (χ4n) is 1.91. The molecular weight excluding hydrogens is 216 g/mol. The van der Waals surface area contributed by atoms with Gasteiger partial charge in [-0.25, -0.2) is 0 Å². The molecule has 17 heavy (non-hydrogen) atoms. The molecule has 0 aliphatic heterocycles. The zero-order valence-electron chi connectivity index (χ0n) is 10.9. The number of aromatic nitrogens is 1. The lowest BCUT2D eigenvalue weighted by atomic mass is 10.3. The zero-order valence-corrected chi connectivity index (χ0v) is 10.9. The van der Waals surface area contributed by atoms with E-state index in [-0.39, 0.29) is 11.2 Å². The monoisotopic (exact) mass is 238 g/mol. The second-order valence-electron chi connectivity index (χ2n) is 4.19. The van der Waals surface area contributed by atoms with Crippen LogP contribution in [-0.4, -0.2) is 34.2 Å². The number of aromatic hydroxyl groups is 1. The van der Waals surface area contributed by atoms with Gasteiger partial charge in [0.25, 0.3) is 0 Å². The fraction of sp³-hybridized carbons (Fsp3) is 0.615. The molecule has 0 bridgehead atoms. The van der Waals surface area contributed by atoms with Gasteiger partial charge in [-0.05, 0) is 33.0 Å². The fourth-order valence-corrected chi connectivity index (χ4v) is 1.91. The second-order valence-corrected chi connectivity index (χ2v) is 4.19. The summed E-state index contributed by atoms with van der Waals surface area (Å²) in [7, 11) is 0. The third-order valence-corrected chi connectivity index (χ3v) is 3.18. The third-order valence-electron chi connectivity index (χ3n) is 3.18. The van der Waals surface area contributed by atoms with Crippen LogP contribution >= 0.6 is 0 Å². The Morgan fingerprint density at radius 1 is 1.35 bits per heavy atom. The highest BCUT2D eigenvalue weighted by Gasteiger charge is 2.05. The SMILES string of the molecule is CCN(CC)CCCn1ccc(=O)c(O)c1C. The summed E-state index contributed by atoms with van der Waals surface area (Å²) in [6.07, 6.45) is 2.77. The largest absolute Gasteiger partial charge is 0.503 e. The molecule has 0 unspecified atom stereocenters. The molecule has 1 rings (SSSR count). The van der Waals surface area contributed by atoms with E-state index in [4.69, 9.17) is 0 Å². The van der Waals surface area contributed by atoms with E-state index in [0.29, 0.717) is 5.69 Å². The van der Waals surface area contributed by atoms with E-state index in [2.05, 4.69) is 18.7 Å². The van der Waals surface area contributed by atoms with Crippen molar-refractivity contribution in [1.29, 1.82) is 0 Å². The molecule has 1 aromatic heterocycles. The van der Waals surface area contributed by atoms with Crippen molar-refractivity contribution >= 4 is 0 Å². The first-order valence-electron chi connectivity index (χ1n) is 6.21. The molecule has 0 fully saturated rings. The molecule has 1 N–H and O–H groups in total. The highest BCUT2D eigenvalue weighted by atomic mass is 16.3. The molecule has 96 valence electrons. The summed E-state index contributed by atoms with van der Waals surface area (Å²) in [6, 6.07) is 1.42. The summed E-state index contributed by atoms with van der Waals surface area (Å²) in [5.41, 5.74) is 0.347. The van der Waals surface area contributed by atoms with Crippen LogP contribution in [0.5, 0.6) is 5.75 Å². The lowest BCUT2D eigenvalue weighted by Crippen LogP contribution is -2.25. The predicted octanol–water partition coefficient (Wildman–Crippen LogP) is 1.59. The average Bonchev–Trinajstić information content (AvgIpc) is 2.34. The van der Waals surface area contributed by atoms with Crippen LogP contribution < -0.4 is 5.43 Å². The third kappa shape index (κ3) is 3.60. The molecule has 0 radical (unpaired) electrons. The van der Waals surface area contributed by atoms with Gasteiger partial charge in [-0.1, -0.05) is 13.8 Å². The van der Waals surface area contributed by atoms with Gasteiger partial charge in [0.05, 0.1) is 5.69 Å². The van der Waals surface area contributed by atoms with Crippen LogP contribution in [0.15, 0.2) is 17.1 Å². The van der Waals surface area contributed by atoms with Crippen LogP contribution in [0.1, 0.15) is 26.0 Å². The lowest BCUT2D eigenvalue weighted by molar-refractivity contribution is 0.292. The van der Waals surface area contributed by atoms with Crippen LogP contribution in [-0.2, 0) is 6.54 Å². The van der Waals surface area contributed by atoms with Gasteiger partial charge in [-0.2, -0.15) is 0 Å². The number of nitrogens with zero attached hydrogens (tertiary/aromatic N) is 2. The first-order valence-corrected chi connectivity index (χ1v) is 6.21. The minimum atomic E-state index is -0.303. The summed E-state index contributed by atoms with van der Waals surface area (Å²) < 4.78 is 1.93. The number of hydrogen-bond donors (Lipinski definition) is 1. The van der Waals surface area contributed by atoms with Crippen molar-refractivity contribution < 1.29 is 5.11 Å². The summed E-state index contributed by atoms with van der Waals surface area (Å²) >= 11 is 0. The van der Waals surface area contributed by atoms with Gasteiger partial charge in [-0.15, -0.1) is 0 Å². The average molecular weight is 238 g/mol. The minimum absolute atomic E-state index is 0.129. The van der Waals surface area contributed by atoms with E-state index in [9.17, 15) is 9.90 Å². The molecular formula is C13H22N2O2. The van der Waals surface area contributed by atoms with Crippen LogP contribution in [0.3, 0.4) is 0 Å². The normalized spacial score (nSPS) is 11.1. The topological polar surface area (TPSA) is 45.5 Å². The van der Waals surface area contributed by atoms with Crippen molar-refractivity contribution in [2.75, 3.05) is 19.6 Å². The molecule has 0 aliphatic rings. The van der Waals surface area contributed by atoms with Crippen molar-refractivity contribution in [3.8, 4) is 5.75 Å². The number of hydrogen-bond acceptors (Lipinski definition) is 3. The number of aryl methyl sites for hydroxylation is 1. The Labute approximate surface area is 102 Å². The molecule has 0 saturated carbocycles. The molecule has 1 aromatic rings. The van der Waals surface area contributed by atoms with Gasteiger partial charge in [0.15, 0.2) is 5.75 Å². The van der Waals surface area contributed by atoms with Gasteiger partial charge in [0.1, 0.15) is 0 Å². The molecule has 0 saturated heterocycles. The Balaban J connectivity index is 2.58. The maximum atomic E-state index is 11.2. The summed E-state index contributed by atoms with van der Waals surface area (Å²) in [6.45, 7) is 10.1. The Bertz CT molecular complexity index is 408. The highest BCUT2D eigenvalue weighted by molar-refractivity contribution is 5.25. The van der Waals surface area contributed by atoms with Gasteiger partial charge < -0.3 is 14.6 Å². The van der Waals surface area contributed by atoms with Crippen molar-refractivity contribution in [3.05, 3.63) is 28.2 Å².